The molecule has 0 bridgehead atoms. The van der Waals surface area contributed by atoms with Crippen molar-refractivity contribution in [3.05, 3.63) is 52.3 Å². The Kier molecular flexibility index (Phi) is 6.87. The summed E-state index contributed by atoms with van der Waals surface area (Å²) in [5.41, 5.74) is 6.87. The summed E-state index contributed by atoms with van der Waals surface area (Å²) in [6.07, 6.45) is 3.88. The van der Waals surface area contributed by atoms with Gasteiger partial charge in [0, 0.05) is 7.05 Å². The zero-order chi connectivity index (χ0) is 19.4. The van der Waals surface area contributed by atoms with Crippen molar-refractivity contribution in [2.24, 2.45) is 16.8 Å². The second kappa shape index (κ2) is 8.72. The van der Waals surface area contributed by atoms with E-state index in [9.17, 15) is 0 Å². The predicted molar refractivity (Wildman–Crippen MR) is 115 cm³/mol. The summed E-state index contributed by atoms with van der Waals surface area (Å²) in [4.78, 5) is 4.74. The molecule has 26 heavy (non-hydrogen) atoms. The average Bonchev–Trinajstić information content (AvgIpc) is 2.86. The van der Waals surface area contributed by atoms with E-state index in [0.29, 0.717) is 0 Å². The van der Waals surface area contributed by atoms with Gasteiger partial charge in [-0.2, -0.15) is 0 Å². The van der Waals surface area contributed by atoms with E-state index in [1.807, 2.05) is 19.5 Å². The molecule has 1 heterocycles. The molecule has 1 aromatic carbocycles. The number of hydrogen-bond acceptors (Lipinski definition) is 4. The summed E-state index contributed by atoms with van der Waals surface area (Å²) in [6.45, 7) is 6.34. The molecule has 0 atom stereocenters. The lowest BCUT2D eigenvalue weighted by Crippen LogP contribution is -2.15. The van der Waals surface area contributed by atoms with Crippen LogP contribution in [-0.2, 0) is 7.05 Å². The molecular formula is C20H30N5P. The Morgan fingerprint density at radius 1 is 0.885 bits per heavy atom. The van der Waals surface area contributed by atoms with Crippen LogP contribution in [0.1, 0.15) is 28.1 Å². The Labute approximate surface area is 159 Å². The van der Waals surface area contributed by atoms with Crippen molar-refractivity contribution >= 4 is 26.5 Å². The van der Waals surface area contributed by atoms with E-state index >= 15 is 0 Å². The Morgan fingerprint density at radius 2 is 1.38 bits per heavy atom. The molecule has 0 unspecified atom stereocenters. The van der Waals surface area contributed by atoms with E-state index in [2.05, 4.69) is 87.1 Å². The fourth-order valence-electron chi connectivity index (χ4n) is 2.98. The number of nitrogens with zero attached hydrogens (tertiary/aromatic N) is 5. The van der Waals surface area contributed by atoms with Crippen LogP contribution < -0.4 is 0 Å². The minimum atomic E-state index is -0.672. The number of hydrogen-bond donors (Lipinski definition) is 0. The summed E-state index contributed by atoms with van der Waals surface area (Å²) in [7, 11) is 9.59. The highest BCUT2D eigenvalue weighted by atomic mass is 31.1. The number of aromatic nitrogens is 1. The van der Waals surface area contributed by atoms with Gasteiger partial charge in [0.15, 0.2) is 8.37 Å². The van der Waals surface area contributed by atoms with Gasteiger partial charge >= 0.3 is 0 Å². The first-order valence-corrected chi connectivity index (χ1v) is 9.87. The van der Waals surface area contributed by atoms with Crippen LogP contribution in [0.4, 0.5) is 5.69 Å². The van der Waals surface area contributed by atoms with Gasteiger partial charge < -0.3 is 4.57 Å². The number of rotatable bonds is 6. The number of aryl methyl sites for hydroxylation is 3. The third-order valence-electron chi connectivity index (χ3n) is 4.17. The lowest BCUT2D eigenvalue weighted by Gasteiger charge is -2.25. The molecule has 5 nitrogen and oxygen atoms in total. The highest BCUT2D eigenvalue weighted by Crippen LogP contribution is 2.40. The zero-order valence-electron chi connectivity index (χ0n) is 17.1. The third kappa shape index (κ3) is 4.88. The van der Waals surface area contributed by atoms with Crippen LogP contribution in [0.3, 0.4) is 0 Å². The molecule has 0 amide bonds. The van der Waals surface area contributed by atoms with Gasteiger partial charge in [-0.15, -0.1) is 0 Å². The molecule has 0 spiro atoms. The minimum Gasteiger partial charge on any atom is -0.342 e. The molecule has 0 fully saturated rings. The normalized spacial score (nSPS) is 12.6. The molecule has 2 rings (SSSR count). The summed E-state index contributed by atoms with van der Waals surface area (Å²) in [5, 5.41) is 0. The van der Waals surface area contributed by atoms with Crippen molar-refractivity contribution in [1.29, 1.82) is 0 Å². The van der Waals surface area contributed by atoms with E-state index in [1.54, 1.807) is 0 Å². The van der Waals surface area contributed by atoms with Crippen LogP contribution in [0.2, 0.25) is 0 Å². The quantitative estimate of drug-likeness (QED) is 0.555. The molecule has 0 saturated heterocycles. The molecule has 140 valence electrons. The van der Waals surface area contributed by atoms with Gasteiger partial charge in [-0.3, -0.25) is 14.3 Å². The predicted octanol–water partition coefficient (Wildman–Crippen LogP) is 4.47. The maximum atomic E-state index is 4.75. The van der Waals surface area contributed by atoms with Gasteiger partial charge in [0.2, 0.25) is 0 Å². The van der Waals surface area contributed by atoms with Crippen LogP contribution >= 0.6 is 8.37 Å². The summed E-state index contributed by atoms with van der Waals surface area (Å²) in [6, 6.07) is 8.51. The van der Waals surface area contributed by atoms with E-state index in [0.717, 1.165) is 17.1 Å². The molecule has 0 N–H and O–H groups in total. The van der Waals surface area contributed by atoms with Crippen molar-refractivity contribution in [3.8, 4) is 0 Å². The second-order valence-corrected chi connectivity index (χ2v) is 9.32. The number of aliphatic imine (C=N–C) groups is 1. The monoisotopic (exact) mass is 371 g/mol. The Balaban J connectivity index is 2.24. The molecule has 0 saturated carbocycles. The first-order valence-electron chi connectivity index (χ1n) is 8.67. The van der Waals surface area contributed by atoms with Crippen LogP contribution in [0.15, 0.2) is 34.0 Å². The van der Waals surface area contributed by atoms with Crippen LogP contribution in [0, 0.1) is 20.8 Å². The fourth-order valence-corrected chi connectivity index (χ4v) is 4.33. The molecule has 0 aliphatic heterocycles. The van der Waals surface area contributed by atoms with Crippen LogP contribution in [-0.4, -0.2) is 54.5 Å². The van der Waals surface area contributed by atoms with Gasteiger partial charge in [0.05, 0.1) is 29.5 Å². The van der Waals surface area contributed by atoms with Crippen molar-refractivity contribution < 1.29 is 0 Å². The summed E-state index contributed by atoms with van der Waals surface area (Å²) >= 11 is 0. The maximum Gasteiger partial charge on any atom is 0.168 e. The van der Waals surface area contributed by atoms with Gasteiger partial charge in [-0.1, -0.05) is 17.7 Å². The summed E-state index contributed by atoms with van der Waals surface area (Å²) in [5.74, 6) is 0. The molecule has 0 radical (unpaired) electrons. The maximum absolute atomic E-state index is 4.75. The van der Waals surface area contributed by atoms with Crippen LogP contribution in [0.25, 0.3) is 0 Å². The van der Waals surface area contributed by atoms with E-state index in [-0.39, 0.29) is 0 Å². The molecular weight excluding hydrogens is 341 g/mol. The smallest absolute Gasteiger partial charge is 0.168 e. The highest BCUT2D eigenvalue weighted by molar-refractivity contribution is 7.51. The largest absolute Gasteiger partial charge is 0.342 e. The lowest BCUT2D eigenvalue weighted by atomic mass is 10.1. The highest BCUT2D eigenvalue weighted by Gasteiger charge is 2.12. The first-order chi connectivity index (χ1) is 12.2. The van der Waals surface area contributed by atoms with Gasteiger partial charge in [0.25, 0.3) is 0 Å². The van der Waals surface area contributed by atoms with Crippen molar-refractivity contribution in [2.45, 2.75) is 20.8 Å². The third-order valence-corrected chi connectivity index (χ3v) is 5.92. The minimum absolute atomic E-state index is 0.672. The van der Waals surface area contributed by atoms with Crippen LogP contribution in [0.5, 0.6) is 0 Å². The Bertz CT molecular complexity index is 787. The standard InChI is InChI=1S/C20H30N5P/c1-15-11-16(2)20(17(3)12-15)21-13-18-9-10-19(25(18)8)14-22-26(23(4)5)24(6)7/h9-14H,1-8H3/b21-13?,22-14+. The van der Waals surface area contributed by atoms with Gasteiger partial charge in [0.1, 0.15) is 0 Å². The van der Waals surface area contributed by atoms with E-state index < -0.39 is 8.37 Å². The van der Waals surface area contributed by atoms with Crippen molar-refractivity contribution in [2.75, 3.05) is 28.2 Å². The Hall–Kier alpha value is -1.81. The number of benzene rings is 1. The SMILES string of the molecule is Cc1cc(C)c(N=Cc2ccc(/C=N/P(N(C)C)N(C)C)n2C)c(C)c1. The molecule has 2 aromatic rings. The Morgan fingerprint density at radius 3 is 1.88 bits per heavy atom. The molecule has 1 aromatic heterocycles. The first kappa shape index (κ1) is 20.5. The van der Waals surface area contributed by atoms with Gasteiger partial charge in [-0.05, 0) is 72.2 Å². The van der Waals surface area contributed by atoms with Crippen molar-refractivity contribution in [1.82, 2.24) is 13.9 Å². The lowest BCUT2D eigenvalue weighted by molar-refractivity contribution is 0.575. The van der Waals surface area contributed by atoms with E-state index in [4.69, 9.17) is 9.76 Å². The average molecular weight is 371 g/mol. The van der Waals surface area contributed by atoms with Crippen molar-refractivity contribution in [3.63, 3.8) is 0 Å². The topological polar surface area (TPSA) is 36.1 Å². The zero-order valence-corrected chi connectivity index (χ0v) is 18.0. The molecule has 6 heteroatoms. The molecule has 0 aliphatic carbocycles. The van der Waals surface area contributed by atoms with Gasteiger partial charge in [-0.25, -0.2) is 4.76 Å². The molecule has 0 aliphatic rings. The van der Waals surface area contributed by atoms with E-state index in [1.165, 1.54) is 16.7 Å². The second-order valence-electron chi connectivity index (χ2n) is 6.95. The summed E-state index contributed by atoms with van der Waals surface area (Å²) < 4.78 is 11.1. The fraction of sp³-hybridized carbons (Fsp3) is 0.400.